The molecule has 0 radical (unpaired) electrons. The lowest BCUT2D eigenvalue weighted by Crippen LogP contribution is -2.52. The zero-order valence-electron chi connectivity index (χ0n) is 8.50. The lowest BCUT2D eigenvalue weighted by Gasteiger charge is -2.45. The minimum Gasteiger partial charge on any atom is -0.388 e. The maximum atomic E-state index is 10.00. The smallest absolute Gasteiger partial charge is 0.101 e. The minimum atomic E-state index is -0.691. The van der Waals surface area contributed by atoms with Gasteiger partial charge in [0.15, 0.2) is 0 Å². The van der Waals surface area contributed by atoms with Gasteiger partial charge in [0, 0.05) is 7.11 Å². The van der Waals surface area contributed by atoms with Crippen LogP contribution in [-0.4, -0.2) is 23.9 Å². The maximum Gasteiger partial charge on any atom is 0.101 e. The van der Waals surface area contributed by atoms with Gasteiger partial charge in [-0.3, -0.25) is 0 Å². The first-order valence-corrected chi connectivity index (χ1v) is 4.63. The number of rotatable bonds is 3. The van der Waals surface area contributed by atoms with Gasteiger partial charge in [0.05, 0.1) is 17.1 Å². The Balaban J connectivity index is 2.77. The van der Waals surface area contributed by atoms with Crippen LogP contribution in [-0.2, 0) is 4.74 Å². The summed E-state index contributed by atoms with van der Waals surface area (Å²) in [6, 6.07) is 2.23. The molecule has 1 atom stereocenters. The van der Waals surface area contributed by atoms with E-state index in [1.54, 1.807) is 7.11 Å². The monoisotopic (exact) mass is 183 g/mol. The summed E-state index contributed by atoms with van der Waals surface area (Å²) in [5, 5.41) is 19.0. The Bertz CT molecular complexity index is 226. The van der Waals surface area contributed by atoms with Crippen LogP contribution in [0.3, 0.4) is 0 Å². The highest BCUT2D eigenvalue weighted by Gasteiger charge is 2.50. The number of nitriles is 1. The van der Waals surface area contributed by atoms with Crippen molar-refractivity contribution in [3.63, 3.8) is 0 Å². The lowest BCUT2D eigenvalue weighted by atomic mass is 9.63. The summed E-state index contributed by atoms with van der Waals surface area (Å²) in [6.45, 7) is 3.63. The van der Waals surface area contributed by atoms with Crippen molar-refractivity contribution in [2.24, 2.45) is 5.41 Å². The molecule has 1 fully saturated rings. The van der Waals surface area contributed by atoms with E-state index in [0.29, 0.717) is 0 Å². The molecule has 74 valence electrons. The van der Waals surface area contributed by atoms with Crippen molar-refractivity contribution in [1.82, 2.24) is 0 Å². The number of ether oxygens (including phenoxy) is 1. The summed E-state index contributed by atoms with van der Waals surface area (Å²) < 4.78 is 5.18. The molecule has 0 heterocycles. The van der Waals surface area contributed by atoms with Crippen molar-refractivity contribution in [3.8, 4) is 6.07 Å². The molecule has 0 aromatic rings. The average molecular weight is 183 g/mol. The normalized spacial score (nSPS) is 23.0. The van der Waals surface area contributed by atoms with E-state index in [-0.39, 0.29) is 0 Å². The Kier molecular flexibility index (Phi) is 2.65. The van der Waals surface area contributed by atoms with Gasteiger partial charge in [-0.2, -0.15) is 5.26 Å². The first-order chi connectivity index (χ1) is 5.98. The third-order valence-electron chi connectivity index (χ3n) is 3.18. The predicted octanol–water partition coefficient (Wildman–Crippen LogP) is 1.47. The zero-order valence-corrected chi connectivity index (χ0v) is 8.50. The van der Waals surface area contributed by atoms with Gasteiger partial charge in [0.2, 0.25) is 0 Å². The van der Waals surface area contributed by atoms with Crippen molar-refractivity contribution in [2.45, 2.75) is 44.8 Å². The molecule has 0 aliphatic heterocycles. The molecule has 3 nitrogen and oxygen atoms in total. The molecular formula is C10H17NO2. The lowest BCUT2D eigenvalue weighted by molar-refractivity contribution is -0.137. The second-order valence-corrected chi connectivity index (χ2v) is 4.33. The zero-order chi connectivity index (χ0) is 10.1. The second-order valence-electron chi connectivity index (χ2n) is 4.33. The molecule has 0 amide bonds. The van der Waals surface area contributed by atoms with E-state index in [0.717, 1.165) is 19.3 Å². The van der Waals surface area contributed by atoms with Crippen LogP contribution in [0.4, 0.5) is 0 Å². The summed E-state index contributed by atoms with van der Waals surface area (Å²) in [7, 11) is 1.56. The van der Waals surface area contributed by atoms with Crippen LogP contribution < -0.4 is 0 Å². The molecule has 13 heavy (non-hydrogen) atoms. The third-order valence-corrected chi connectivity index (χ3v) is 3.18. The topological polar surface area (TPSA) is 53.2 Å². The molecule has 1 N–H and O–H groups in total. The van der Waals surface area contributed by atoms with Crippen molar-refractivity contribution in [3.05, 3.63) is 0 Å². The van der Waals surface area contributed by atoms with Crippen LogP contribution in [0.2, 0.25) is 0 Å². The Labute approximate surface area is 79.3 Å². The second kappa shape index (κ2) is 3.28. The van der Waals surface area contributed by atoms with Crippen molar-refractivity contribution < 1.29 is 9.84 Å². The van der Waals surface area contributed by atoms with Crippen LogP contribution in [0.1, 0.15) is 33.1 Å². The van der Waals surface area contributed by atoms with Gasteiger partial charge in [0.1, 0.15) is 6.10 Å². The molecule has 0 spiro atoms. The molecular weight excluding hydrogens is 166 g/mol. The SMILES string of the molecule is COC(C)(C)C(O)C1(C#N)CCC1. The highest BCUT2D eigenvalue weighted by atomic mass is 16.5. The summed E-state index contributed by atoms with van der Waals surface area (Å²) in [6.07, 6.45) is 1.92. The molecule has 0 aromatic heterocycles. The van der Waals surface area contributed by atoms with Crippen LogP contribution >= 0.6 is 0 Å². The molecule has 1 aliphatic carbocycles. The Morgan fingerprint density at radius 3 is 2.31 bits per heavy atom. The fourth-order valence-corrected chi connectivity index (χ4v) is 1.78. The highest BCUT2D eigenvalue weighted by Crippen LogP contribution is 2.46. The molecule has 0 bridgehead atoms. The van der Waals surface area contributed by atoms with Gasteiger partial charge >= 0.3 is 0 Å². The van der Waals surface area contributed by atoms with Crippen LogP contribution in [0, 0.1) is 16.7 Å². The number of hydrogen-bond acceptors (Lipinski definition) is 3. The van der Waals surface area contributed by atoms with Crippen molar-refractivity contribution >= 4 is 0 Å². The van der Waals surface area contributed by atoms with Gasteiger partial charge in [-0.1, -0.05) is 6.42 Å². The largest absolute Gasteiger partial charge is 0.388 e. The van der Waals surface area contributed by atoms with E-state index in [2.05, 4.69) is 6.07 Å². The molecule has 1 unspecified atom stereocenters. The molecule has 0 aromatic carbocycles. The van der Waals surface area contributed by atoms with E-state index >= 15 is 0 Å². The predicted molar refractivity (Wildman–Crippen MR) is 49.0 cm³/mol. The minimum absolute atomic E-state index is 0.556. The summed E-state index contributed by atoms with van der Waals surface area (Å²) in [4.78, 5) is 0. The summed E-state index contributed by atoms with van der Waals surface area (Å²) >= 11 is 0. The van der Waals surface area contributed by atoms with Crippen LogP contribution in [0.5, 0.6) is 0 Å². The molecule has 0 saturated heterocycles. The highest BCUT2D eigenvalue weighted by molar-refractivity contribution is 5.12. The quantitative estimate of drug-likeness (QED) is 0.720. The number of aliphatic hydroxyl groups excluding tert-OH is 1. The fraction of sp³-hybridized carbons (Fsp3) is 0.900. The van der Waals surface area contributed by atoms with Gasteiger partial charge in [-0.15, -0.1) is 0 Å². The standard InChI is InChI=1S/C10H17NO2/c1-9(2,13-3)8(12)10(7-11)5-4-6-10/h8,12H,4-6H2,1-3H3. The van der Waals surface area contributed by atoms with E-state index in [1.165, 1.54) is 0 Å². The maximum absolute atomic E-state index is 10.00. The third kappa shape index (κ3) is 1.56. The Morgan fingerprint density at radius 2 is 2.08 bits per heavy atom. The summed E-state index contributed by atoms with van der Waals surface area (Å²) in [5.41, 5.74) is -1.18. The first kappa shape index (κ1) is 10.5. The number of hydrogen-bond donors (Lipinski definition) is 1. The van der Waals surface area contributed by atoms with Crippen LogP contribution in [0.25, 0.3) is 0 Å². The van der Waals surface area contributed by atoms with E-state index in [4.69, 9.17) is 10.00 Å². The number of nitrogens with zero attached hydrogens (tertiary/aromatic N) is 1. The van der Waals surface area contributed by atoms with Gasteiger partial charge in [-0.05, 0) is 26.7 Å². The van der Waals surface area contributed by atoms with E-state index in [9.17, 15) is 5.11 Å². The van der Waals surface area contributed by atoms with Gasteiger partial charge < -0.3 is 9.84 Å². The van der Waals surface area contributed by atoms with Crippen molar-refractivity contribution in [2.75, 3.05) is 7.11 Å². The first-order valence-electron chi connectivity index (χ1n) is 4.63. The molecule has 1 saturated carbocycles. The summed E-state index contributed by atoms with van der Waals surface area (Å²) in [5.74, 6) is 0. The van der Waals surface area contributed by atoms with E-state index in [1.807, 2.05) is 13.8 Å². The van der Waals surface area contributed by atoms with Gasteiger partial charge in [-0.25, -0.2) is 0 Å². The number of methoxy groups -OCH3 is 1. The Morgan fingerprint density at radius 1 is 1.54 bits per heavy atom. The van der Waals surface area contributed by atoms with Crippen molar-refractivity contribution in [1.29, 1.82) is 5.26 Å². The molecule has 1 rings (SSSR count). The Hall–Kier alpha value is -0.590. The molecule has 1 aliphatic rings. The number of aliphatic hydroxyl groups is 1. The van der Waals surface area contributed by atoms with Gasteiger partial charge in [0.25, 0.3) is 0 Å². The fourth-order valence-electron chi connectivity index (χ4n) is 1.78. The molecule has 3 heteroatoms. The van der Waals surface area contributed by atoms with Crippen LogP contribution in [0.15, 0.2) is 0 Å². The average Bonchev–Trinajstić information content (AvgIpc) is 2.03. The van der Waals surface area contributed by atoms with E-state index < -0.39 is 17.1 Å².